The van der Waals surface area contributed by atoms with Gasteiger partial charge in [-0.1, -0.05) is 12.1 Å². The third kappa shape index (κ3) is 3.54. The van der Waals surface area contributed by atoms with Crippen molar-refractivity contribution in [1.29, 1.82) is 0 Å². The van der Waals surface area contributed by atoms with Crippen molar-refractivity contribution in [3.8, 4) is 5.69 Å². The normalized spacial score (nSPS) is 11.4. The fraction of sp³-hybridized carbons (Fsp3) is 0.231. The summed E-state index contributed by atoms with van der Waals surface area (Å²) in [6, 6.07) is 8.29. The van der Waals surface area contributed by atoms with Crippen molar-refractivity contribution in [3.05, 3.63) is 42.2 Å². The van der Waals surface area contributed by atoms with Gasteiger partial charge in [0.25, 0.3) is 11.8 Å². The van der Waals surface area contributed by atoms with Gasteiger partial charge in [-0.2, -0.15) is 5.10 Å². The van der Waals surface area contributed by atoms with E-state index in [1.54, 1.807) is 24.3 Å². The second-order valence-electron chi connectivity index (χ2n) is 4.40. The number of nitrogens with one attached hydrogen (secondary N) is 1. The van der Waals surface area contributed by atoms with Crippen molar-refractivity contribution >= 4 is 11.6 Å². The maximum atomic E-state index is 12.8. The lowest BCUT2D eigenvalue weighted by Crippen LogP contribution is -2.39. The number of amides is 1. The lowest BCUT2D eigenvalue weighted by molar-refractivity contribution is -0.0462. The molecule has 1 aromatic heterocycles. The van der Waals surface area contributed by atoms with Gasteiger partial charge in [0.2, 0.25) is 0 Å². The number of carbonyl (C=O) groups is 1. The molecule has 0 atom stereocenters. The van der Waals surface area contributed by atoms with E-state index < -0.39 is 25.0 Å². The number of nitrogens with zero attached hydrogens (tertiary/aromatic N) is 2. The number of para-hydroxylation sites is 2. The first kappa shape index (κ1) is 14.9. The molecule has 1 aromatic carbocycles. The van der Waals surface area contributed by atoms with Crippen LogP contribution in [-0.4, -0.2) is 39.9 Å². The topological polar surface area (TPSA) is 93.2 Å². The Kier molecular flexibility index (Phi) is 4.18. The Bertz CT molecular complexity index is 643. The van der Waals surface area contributed by atoms with E-state index >= 15 is 0 Å². The minimum atomic E-state index is -3.36. The van der Waals surface area contributed by atoms with E-state index in [9.17, 15) is 13.6 Å². The van der Waals surface area contributed by atoms with Gasteiger partial charge in [0.15, 0.2) is 5.69 Å². The summed E-state index contributed by atoms with van der Waals surface area (Å²) < 4.78 is 27.1. The molecule has 1 amide bonds. The number of carbonyl (C=O) groups excluding carboxylic acids is 1. The standard InChI is InChI=1S/C13H14F2N4O2/c14-13(15,8-20)7-17-12(21)10-5-6-19(18-10)11-4-2-1-3-9(11)16/h1-6,20H,7-8,16H2,(H,17,21). The summed E-state index contributed by atoms with van der Waals surface area (Å²) in [7, 11) is 0. The number of hydrogen-bond donors (Lipinski definition) is 3. The molecule has 0 spiro atoms. The van der Waals surface area contributed by atoms with Crippen LogP contribution in [0.5, 0.6) is 0 Å². The van der Waals surface area contributed by atoms with Crippen LogP contribution in [0.1, 0.15) is 10.5 Å². The van der Waals surface area contributed by atoms with Gasteiger partial charge in [0.05, 0.1) is 17.9 Å². The van der Waals surface area contributed by atoms with Crippen LogP contribution in [-0.2, 0) is 0 Å². The van der Waals surface area contributed by atoms with Crippen LogP contribution in [0.3, 0.4) is 0 Å². The molecule has 4 N–H and O–H groups in total. The number of halogens is 2. The summed E-state index contributed by atoms with van der Waals surface area (Å²) in [5.74, 6) is -4.11. The molecule has 2 aromatic rings. The lowest BCUT2D eigenvalue weighted by atomic mass is 10.3. The van der Waals surface area contributed by atoms with Gasteiger partial charge in [-0.05, 0) is 18.2 Å². The number of nitrogen functional groups attached to an aromatic ring is 1. The second kappa shape index (κ2) is 5.88. The van der Waals surface area contributed by atoms with E-state index in [-0.39, 0.29) is 5.69 Å². The van der Waals surface area contributed by atoms with Gasteiger partial charge >= 0.3 is 0 Å². The molecule has 0 unspecified atom stereocenters. The SMILES string of the molecule is Nc1ccccc1-n1ccc(C(=O)NCC(F)(F)CO)n1. The summed E-state index contributed by atoms with van der Waals surface area (Å²) in [6.45, 7) is -2.29. The van der Waals surface area contributed by atoms with Crippen LogP contribution >= 0.6 is 0 Å². The Balaban J connectivity index is 2.10. The Morgan fingerprint density at radius 3 is 2.76 bits per heavy atom. The predicted molar refractivity (Wildman–Crippen MR) is 72.3 cm³/mol. The van der Waals surface area contributed by atoms with Gasteiger partial charge in [0, 0.05) is 6.20 Å². The van der Waals surface area contributed by atoms with Crippen LogP contribution in [0, 0.1) is 0 Å². The first-order valence-electron chi connectivity index (χ1n) is 6.10. The Hall–Kier alpha value is -2.48. The highest BCUT2D eigenvalue weighted by atomic mass is 19.3. The highest BCUT2D eigenvalue weighted by Crippen LogP contribution is 2.16. The average molecular weight is 296 g/mol. The van der Waals surface area contributed by atoms with E-state index in [0.717, 1.165) is 0 Å². The second-order valence-corrected chi connectivity index (χ2v) is 4.40. The minimum Gasteiger partial charge on any atom is -0.397 e. The zero-order valence-electron chi connectivity index (χ0n) is 11.0. The van der Waals surface area contributed by atoms with Crippen LogP contribution in [0.25, 0.3) is 5.69 Å². The van der Waals surface area contributed by atoms with Gasteiger partial charge in [0.1, 0.15) is 6.61 Å². The van der Waals surface area contributed by atoms with Gasteiger partial charge in [-0.25, -0.2) is 13.5 Å². The molecule has 0 bridgehead atoms. The monoisotopic (exact) mass is 296 g/mol. The third-order valence-electron chi connectivity index (χ3n) is 2.74. The lowest BCUT2D eigenvalue weighted by Gasteiger charge is -2.13. The quantitative estimate of drug-likeness (QED) is 0.712. The highest BCUT2D eigenvalue weighted by molar-refractivity contribution is 5.92. The van der Waals surface area contributed by atoms with Crippen molar-refractivity contribution in [1.82, 2.24) is 15.1 Å². The Labute approximate surface area is 119 Å². The first-order valence-corrected chi connectivity index (χ1v) is 6.10. The Morgan fingerprint density at radius 2 is 2.10 bits per heavy atom. The number of nitrogens with two attached hydrogens (primary N) is 1. The van der Waals surface area contributed by atoms with E-state index in [4.69, 9.17) is 10.8 Å². The summed E-state index contributed by atoms with van der Waals surface area (Å²) in [4.78, 5) is 11.7. The van der Waals surface area contributed by atoms with Crippen LogP contribution in [0.4, 0.5) is 14.5 Å². The molecular formula is C13H14F2N4O2. The molecule has 0 saturated carbocycles. The van der Waals surface area contributed by atoms with Crippen molar-refractivity contribution in [2.45, 2.75) is 5.92 Å². The molecule has 112 valence electrons. The van der Waals surface area contributed by atoms with Crippen molar-refractivity contribution in [2.75, 3.05) is 18.9 Å². The molecule has 0 aliphatic heterocycles. The zero-order valence-corrected chi connectivity index (χ0v) is 11.0. The molecular weight excluding hydrogens is 282 g/mol. The summed E-state index contributed by atoms with van der Waals surface area (Å²) in [6.07, 6.45) is 1.50. The molecule has 8 heteroatoms. The number of benzene rings is 1. The fourth-order valence-electron chi connectivity index (χ4n) is 1.63. The van der Waals surface area contributed by atoms with Crippen LogP contribution in [0.2, 0.25) is 0 Å². The van der Waals surface area contributed by atoms with E-state index in [2.05, 4.69) is 5.10 Å². The molecule has 0 aliphatic carbocycles. The largest absolute Gasteiger partial charge is 0.397 e. The highest BCUT2D eigenvalue weighted by Gasteiger charge is 2.28. The maximum absolute atomic E-state index is 12.8. The summed E-state index contributed by atoms with van der Waals surface area (Å²) >= 11 is 0. The number of anilines is 1. The minimum absolute atomic E-state index is 0.0213. The molecule has 2 rings (SSSR count). The van der Waals surface area contributed by atoms with E-state index in [1.807, 2.05) is 5.32 Å². The zero-order chi connectivity index (χ0) is 15.5. The number of aliphatic hydroxyl groups excluding tert-OH is 1. The number of hydrogen-bond acceptors (Lipinski definition) is 4. The summed E-state index contributed by atoms with van der Waals surface area (Å²) in [5, 5.41) is 14.4. The number of aromatic nitrogens is 2. The molecule has 6 nitrogen and oxygen atoms in total. The van der Waals surface area contributed by atoms with Crippen LogP contribution in [0.15, 0.2) is 36.5 Å². The molecule has 1 heterocycles. The smallest absolute Gasteiger partial charge is 0.287 e. The fourth-order valence-corrected chi connectivity index (χ4v) is 1.63. The van der Waals surface area contributed by atoms with Gasteiger partial charge < -0.3 is 16.2 Å². The van der Waals surface area contributed by atoms with Crippen LogP contribution < -0.4 is 11.1 Å². The molecule has 0 saturated heterocycles. The predicted octanol–water partition coefficient (Wildman–Crippen LogP) is 0.812. The first-order chi connectivity index (χ1) is 9.93. The Morgan fingerprint density at radius 1 is 1.38 bits per heavy atom. The number of alkyl halides is 2. The van der Waals surface area contributed by atoms with Crippen molar-refractivity contribution in [2.24, 2.45) is 0 Å². The van der Waals surface area contributed by atoms with Gasteiger partial charge in [-0.15, -0.1) is 0 Å². The van der Waals surface area contributed by atoms with Crippen molar-refractivity contribution in [3.63, 3.8) is 0 Å². The van der Waals surface area contributed by atoms with E-state index in [1.165, 1.54) is 16.9 Å². The molecule has 0 fully saturated rings. The molecule has 0 aliphatic rings. The third-order valence-corrected chi connectivity index (χ3v) is 2.74. The van der Waals surface area contributed by atoms with Crippen molar-refractivity contribution < 1.29 is 18.7 Å². The van der Waals surface area contributed by atoms with Gasteiger partial charge in [-0.3, -0.25) is 4.79 Å². The number of aliphatic hydroxyl groups is 1. The summed E-state index contributed by atoms with van der Waals surface area (Å²) in [5.41, 5.74) is 6.81. The number of rotatable bonds is 5. The molecule has 21 heavy (non-hydrogen) atoms. The maximum Gasteiger partial charge on any atom is 0.287 e. The average Bonchev–Trinajstić information content (AvgIpc) is 2.95. The van der Waals surface area contributed by atoms with E-state index in [0.29, 0.717) is 11.4 Å². The molecule has 0 radical (unpaired) electrons.